The van der Waals surface area contributed by atoms with Gasteiger partial charge in [-0.3, -0.25) is 0 Å². The highest BCUT2D eigenvalue weighted by Crippen LogP contribution is 2.18. The summed E-state index contributed by atoms with van der Waals surface area (Å²) in [6.07, 6.45) is 2.91. The number of hydrogen-bond donors (Lipinski definition) is 1. The lowest BCUT2D eigenvalue weighted by molar-refractivity contribution is 0.188. The smallest absolute Gasteiger partial charge is 0.0638 e. The minimum atomic E-state index is 0.0812. The molecule has 0 bridgehead atoms. The number of likely N-dealkylation sites (tertiary alicyclic amines) is 1. The van der Waals surface area contributed by atoms with Crippen LogP contribution in [-0.4, -0.2) is 31.1 Å². The predicted octanol–water partition coefficient (Wildman–Crippen LogP) is 0.569. The van der Waals surface area contributed by atoms with Gasteiger partial charge < -0.3 is 10.6 Å². The number of nitriles is 1. The van der Waals surface area contributed by atoms with E-state index in [1.807, 2.05) is 0 Å². The predicted molar refractivity (Wildman–Crippen MR) is 48.4 cm³/mol. The standard InChI is InChI=1S/C9H17N3/c1-12-6-2-3-8(7-12)9(11)4-5-10/h8-9H,2-4,6-7,11H2,1H3. The van der Waals surface area contributed by atoms with Crippen LogP contribution in [0, 0.1) is 17.2 Å². The molecule has 1 aliphatic rings. The van der Waals surface area contributed by atoms with Gasteiger partial charge in [-0.15, -0.1) is 0 Å². The fraction of sp³-hybridized carbons (Fsp3) is 0.889. The summed E-state index contributed by atoms with van der Waals surface area (Å²) >= 11 is 0. The summed E-state index contributed by atoms with van der Waals surface area (Å²) in [5.74, 6) is 0.531. The van der Waals surface area contributed by atoms with Gasteiger partial charge >= 0.3 is 0 Å². The Labute approximate surface area is 74.1 Å². The SMILES string of the molecule is CN1CCCC(C(N)CC#N)C1. The Morgan fingerprint density at radius 1 is 1.75 bits per heavy atom. The lowest BCUT2D eigenvalue weighted by Gasteiger charge is -2.32. The van der Waals surface area contributed by atoms with E-state index in [9.17, 15) is 0 Å². The average Bonchev–Trinajstić information content (AvgIpc) is 2.05. The number of nitrogens with two attached hydrogens (primary N) is 1. The van der Waals surface area contributed by atoms with Crippen molar-refractivity contribution in [3.8, 4) is 6.07 Å². The summed E-state index contributed by atoms with van der Waals surface area (Å²) in [6.45, 7) is 2.23. The molecule has 2 atom stereocenters. The highest BCUT2D eigenvalue weighted by molar-refractivity contribution is 4.86. The fourth-order valence-electron chi connectivity index (χ4n) is 1.83. The molecule has 1 aliphatic heterocycles. The largest absolute Gasteiger partial charge is 0.326 e. The van der Waals surface area contributed by atoms with Crippen molar-refractivity contribution in [1.29, 1.82) is 5.26 Å². The van der Waals surface area contributed by atoms with E-state index in [2.05, 4.69) is 18.0 Å². The van der Waals surface area contributed by atoms with Gasteiger partial charge in [0.1, 0.15) is 0 Å². The van der Waals surface area contributed by atoms with E-state index < -0.39 is 0 Å². The van der Waals surface area contributed by atoms with Crippen LogP contribution < -0.4 is 5.73 Å². The summed E-state index contributed by atoms with van der Waals surface area (Å²) in [4.78, 5) is 2.30. The minimum Gasteiger partial charge on any atom is -0.326 e. The average molecular weight is 167 g/mol. The Kier molecular flexibility index (Phi) is 3.51. The fourth-order valence-corrected chi connectivity index (χ4v) is 1.83. The van der Waals surface area contributed by atoms with E-state index in [1.165, 1.54) is 19.4 Å². The van der Waals surface area contributed by atoms with Gasteiger partial charge in [-0.25, -0.2) is 0 Å². The van der Waals surface area contributed by atoms with Crippen LogP contribution in [-0.2, 0) is 0 Å². The van der Waals surface area contributed by atoms with Gasteiger partial charge in [-0.2, -0.15) is 5.26 Å². The molecule has 2 N–H and O–H groups in total. The van der Waals surface area contributed by atoms with Crippen molar-refractivity contribution >= 4 is 0 Å². The van der Waals surface area contributed by atoms with Crippen LogP contribution in [0.15, 0.2) is 0 Å². The first kappa shape index (κ1) is 9.50. The van der Waals surface area contributed by atoms with Crippen LogP contribution in [0.5, 0.6) is 0 Å². The van der Waals surface area contributed by atoms with Gasteiger partial charge in [-0.05, 0) is 32.4 Å². The quantitative estimate of drug-likeness (QED) is 0.654. The van der Waals surface area contributed by atoms with E-state index in [1.54, 1.807) is 0 Å². The number of hydrogen-bond acceptors (Lipinski definition) is 3. The van der Waals surface area contributed by atoms with Crippen molar-refractivity contribution < 1.29 is 0 Å². The molecule has 68 valence electrons. The van der Waals surface area contributed by atoms with E-state index >= 15 is 0 Å². The van der Waals surface area contributed by atoms with Crippen LogP contribution in [0.25, 0.3) is 0 Å². The van der Waals surface area contributed by atoms with Gasteiger partial charge in [0.05, 0.1) is 12.5 Å². The summed E-state index contributed by atoms with van der Waals surface area (Å²) < 4.78 is 0. The van der Waals surface area contributed by atoms with Crippen molar-refractivity contribution in [2.75, 3.05) is 20.1 Å². The van der Waals surface area contributed by atoms with Crippen LogP contribution in [0.2, 0.25) is 0 Å². The zero-order chi connectivity index (χ0) is 8.97. The highest BCUT2D eigenvalue weighted by Gasteiger charge is 2.22. The third-order valence-corrected chi connectivity index (χ3v) is 2.59. The molecule has 0 aromatic carbocycles. The maximum absolute atomic E-state index is 8.49. The zero-order valence-electron chi connectivity index (χ0n) is 7.66. The molecule has 0 amide bonds. The van der Waals surface area contributed by atoms with Crippen LogP contribution in [0.4, 0.5) is 0 Å². The molecule has 1 rings (SSSR count). The van der Waals surface area contributed by atoms with Crippen LogP contribution in [0.1, 0.15) is 19.3 Å². The van der Waals surface area contributed by atoms with E-state index in [4.69, 9.17) is 11.0 Å². The molecule has 0 aromatic rings. The van der Waals surface area contributed by atoms with Crippen LogP contribution >= 0.6 is 0 Å². The molecule has 0 radical (unpaired) electrons. The molecule has 0 aromatic heterocycles. The van der Waals surface area contributed by atoms with Crippen molar-refractivity contribution in [2.24, 2.45) is 11.7 Å². The second-order valence-corrected chi connectivity index (χ2v) is 3.69. The third-order valence-electron chi connectivity index (χ3n) is 2.59. The summed E-state index contributed by atoms with van der Waals surface area (Å²) in [5.41, 5.74) is 5.87. The summed E-state index contributed by atoms with van der Waals surface area (Å²) in [6, 6.07) is 2.22. The second-order valence-electron chi connectivity index (χ2n) is 3.69. The molecule has 0 saturated carbocycles. The van der Waals surface area contributed by atoms with Gasteiger partial charge in [0, 0.05) is 12.6 Å². The first-order valence-electron chi connectivity index (χ1n) is 4.55. The molecule has 0 aliphatic carbocycles. The van der Waals surface area contributed by atoms with E-state index in [-0.39, 0.29) is 6.04 Å². The van der Waals surface area contributed by atoms with Gasteiger partial charge in [-0.1, -0.05) is 0 Å². The molecule has 2 unspecified atom stereocenters. The van der Waals surface area contributed by atoms with Crippen molar-refractivity contribution in [2.45, 2.75) is 25.3 Å². The van der Waals surface area contributed by atoms with E-state index in [0.29, 0.717) is 12.3 Å². The molecule has 3 nitrogen and oxygen atoms in total. The monoisotopic (exact) mass is 167 g/mol. The van der Waals surface area contributed by atoms with Gasteiger partial charge in [0.2, 0.25) is 0 Å². The first-order valence-corrected chi connectivity index (χ1v) is 4.55. The molecule has 3 heteroatoms. The summed E-state index contributed by atoms with van der Waals surface area (Å²) in [7, 11) is 2.12. The van der Waals surface area contributed by atoms with Crippen LogP contribution in [0.3, 0.4) is 0 Å². The minimum absolute atomic E-state index is 0.0812. The Morgan fingerprint density at radius 2 is 2.50 bits per heavy atom. The Hall–Kier alpha value is -0.590. The number of rotatable bonds is 2. The van der Waals surface area contributed by atoms with Gasteiger partial charge in [0.25, 0.3) is 0 Å². The third kappa shape index (κ3) is 2.47. The highest BCUT2D eigenvalue weighted by atomic mass is 15.1. The van der Waals surface area contributed by atoms with Gasteiger partial charge in [0.15, 0.2) is 0 Å². The van der Waals surface area contributed by atoms with Crippen molar-refractivity contribution in [3.05, 3.63) is 0 Å². The Balaban J connectivity index is 2.35. The molecular weight excluding hydrogens is 150 g/mol. The Bertz CT molecular complexity index is 173. The molecule has 0 spiro atoms. The molecule has 1 heterocycles. The number of piperidine rings is 1. The molecule has 1 fully saturated rings. The topological polar surface area (TPSA) is 53.0 Å². The maximum Gasteiger partial charge on any atom is 0.0638 e. The normalized spacial score (nSPS) is 27.9. The molecule has 12 heavy (non-hydrogen) atoms. The second kappa shape index (κ2) is 4.44. The molecular formula is C9H17N3. The van der Waals surface area contributed by atoms with Crippen molar-refractivity contribution in [1.82, 2.24) is 4.90 Å². The Morgan fingerprint density at radius 3 is 3.08 bits per heavy atom. The molecule has 1 saturated heterocycles. The van der Waals surface area contributed by atoms with E-state index in [0.717, 1.165) is 6.54 Å². The zero-order valence-corrected chi connectivity index (χ0v) is 7.66. The first-order chi connectivity index (χ1) is 5.74. The lowest BCUT2D eigenvalue weighted by atomic mass is 9.90. The number of nitrogens with zero attached hydrogens (tertiary/aromatic N) is 2. The van der Waals surface area contributed by atoms with Crippen molar-refractivity contribution in [3.63, 3.8) is 0 Å². The maximum atomic E-state index is 8.49. The lowest BCUT2D eigenvalue weighted by Crippen LogP contribution is -2.41. The summed E-state index contributed by atoms with van der Waals surface area (Å²) in [5, 5.41) is 8.49.